The normalized spacial score (nSPS) is 15.3. The van der Waals surface area contributed by atoms with Crippen molar-refractivity contribution >= 4 is 37.5 Å². The van der Waals surface area contributed by atoms with E-state index in [0.717, 1.165) is 39.3 Å². The minimum Gasteiger partial charge on any atom is -0.491 e. The number of hydrogen-bond acceptors (Lipinski definition) is 2. The second kappa shape index (κ2) is 4.74. The summed E-state index contributed by atoms with van der Waals surface area (Å²) in [6.45, 7) is 0.784. The predicted molar refractivity (Wildman–Crippen MR) is 69.1 cm³/mol. The summed E-state index contributed by atoms with van der Waals surface area (Å²) in [6, 6.07) is 3.72. The van der Waals surface area contributed by atoms with Gasteiger partial charge < -0.3 is 10.5 Å². The van der Waals surface area contributed by atoms with E-state index in [1.807, 2.05) is 12.1 Å². The third-order valence-corrected chi connectivity index (χ3v) is 3.67. The molecule has 2 rings (SSSR count). The molecule has 15 heavy (non-hydrogen) atoms. The van der Waals surface area contributed by atoms with Gasteiger partial charge in [-0.3, -0.25) is 0 Å². The van der Waals surface area contributed by atoms with Crippen molar-refractivity contribution in [2.45, 2.75) is 19.3 Å². The van der Waals surface area contributed by atoms with Gasteiger partial charge in [-0.25, -0.2) is 0 Å². The number of nitrogen functional groups attached to an aromatic ring is 1. The molecule has 0 radical (unpaired) electrons. The van der Waals surface area contributed by atoms with Gasteiger partial charge >= 0.3 is 0 Å². The van der Waals surface area contributed by atoms with Gasteiger partial charge in [0.15, 0.2) is 0 Å². The molecule has 0 aliphatic heterocycles. The molecule has 4 heteroatoms. The summed E-state index contributed by atoms with van der Waals surface area (Å²) >= 11 is 6.89. The summed E-state index contributed by atoms with van der Waals surface area (Å²) in [6.07, 6.45) is 3.89. The van der Waals surface area contributed by atoms with Crippen molar-refractivity contribution in [2.24, 2.45) is 5.92 Å². The van der Waals surface area contributed by atoms with Gasteiger partial charge in [-0.05, 0) is 56.3 Å². The largest absolute Gasteiger partial charge is 0.491 e. The molecule has 0 aromatic heterocycles. The van der Waals surface area contributed by atoms with Gasteiger partial charge in [0.2, 0.25) is 0 Å². The van der Waals surface area contributed by atoms with Crippen LogP contribution in [0.15, 0.2) is 21.1 Å². The number of benzene rings is 1. The number of rotatable bonds is 4. The van der Waals surface area contributed by atoms with Crippen molar-refractivity contribution in [1.82, 2.24) is 0 Å². The molecule has 1 aliphatic rings. The first-order valence-electron chi connectivity index (χ1n) is 5.04. The lowest BCUT2D eigenvalue weighted by Gasteiger charge is -2.10. The molecule has 2 nitrogen and oxygen atoms in total. The Morgan fingerprint density at radius 3 is 2.40 bits per heavy atom. The Morgan fingerprint density at radius 1 is 1.27 bits per heavy atom. The van der Waals surface area contributed by atoms with Crippen LogP contribution in [0.25, 0.3) is 0 Å². The summed E-state index contributed by atoms with van der Waals surface area (Å²) in [4.78, 5) is 0. The maximum atomic E-state index is 5.72. The first kappa shape index (κ1) is 11.3. The molecule has 1 aromatic carbocycles. The third-order valence-electron chi connectivity index (χ3n) is 2.49. The highest BCUT2D eigenvalue weighted by Gasteiger charge is 2.21. The van der Waals surface area contributed by atoms with Gasteiger partial charge in [0.1, 0.15) is 5.75 Å². The van der Waals surface area contributed by atoms with E-state index in [0.29, 0.717) is 0 Å². The second-order valence-electron chi connectivity index (χ2n) is 3.89. The number of anilines is 1. The molecule has 0 atom stereocenters. The van der Waals surface area contributed by atoms with Crippen LogP contribution in [-0.4, -0.2) is 6.61 Å². The van der Waals surface area contributed by atoms with Crippen molar-refractivity contribution in [3.05, 3.63) is 21.1 Å². The van der Waals surface area contributed by atoms with Crippen LogP contribution in [0.2, 0.25) is 0 Å². The summed E-state index contributed by atoms with van der Waals surface area (Å²) in [5, 5.41) is 0. The quantitative estimate of drug-likeness (QED) is 0.845. The van der Waals surface area contributed by atoms with Crippen molar-refractivity contribution in [3.8, 4) is 5.75 Å². The van der Waals surface area contributed by atoms with Gasteiger partial charge in [0.25, 0.3) is 0 Å². The Kier molecular flexibility index (Phi) is 3.57. The maximum absolute atomic E-state index is 5.72. The number of nitrogens with two attached hydrogens (primary N) is 1. The minimum atomic E-state index is 0.725. The van der Waals surface area contributed by atoms with E-state index in [9.17, 15) is 0 Å². The molecular weight excluding hydrogens is 322 g/mol. The first-order chi connectivity index (χ1) is 7.16. The summed E-state index contributed by atoms with van der Waals surface area (Å²) in [7, 11) is 0. The Bertz CT molecular complexity index is 341. The van der Waals surface area contributed by atoms with Crippen molar-refractivity contribution < 1.29 is 4.74 Å². The van der Waals surface area contributed by atoms with E-state index in [2.05, 4.69) is 31.9 Å². The van der Waals surface area contributed by atoms with Crippen LogP contribution >= 0.6 is 31.9 Å². The highest BCUT2D eigenvalue weighted by molar-refractivity contribution is 9.11. The van der Waals surface area contributed by atoms with Crippen molar-refractivity contribution in [2.75, 3.05) is 12.3 Å². The third kappa shape index (κ3) is 3.11. The fraction of sp³-hybridized carbons (Fsp3) is 0.455. The molecule has 0 heterocycles. The Hall–Kier alpha value is -0.220. The number of ether oxygens (including phenoxy) is 1. The Balaban J connectivity index is 1.99. The maximum Gasteiger partial charge on any atom is 0.147 e. The van der Waals surface area contributed by atoms with E-state index in [4.69, 9.17) is 10.5 Å². The van der Waals surface area contributed by atoms with E-state index >= 15 is 0 Å². The minimum absolute atomic E-state index is 0.725. The fourth-order valence-corrected chi connectivity index (χ4v) is 2.90. The highest BCUT2D eigenvalue weighted by atomic mass is 79.9. The molecule has 1 fully saturated rings. The lowest BCUT2D eigenvalue weighted by Crippen LogP contribution is -2.00. The molecule has 2 N–H and O–H groups in total. The standard InChI is InChI=1S/C11H13Br2NO/c12-9-5-8(14)6-10(13)11(9)15-4-3-7-1-2-7/h5-7H,1-4,14H2. The monoisotopic (exact) mass is 333 g/mol. The van der Waals surface area contributed by atoms with Crippen molar-refractivity contribution in [1.29, 1.82) is 0 Å². The molecule has 1 aromatic rings. The fourth-order valence-electron chi connectivity index (χ4n) is 1.45. The Labute approximate surface area is 106 Å². The lowest BCUT2D eigenvalue weighted by molar-refractivity contribution is 0.299. The molecule has 1 saturated carbocycles. The van der Waals surface area contributed by atoms with Crippen LogP contribution in [0.4, 0.5) is 5.69 Å². The smallest absolute Gasteiger partial charge is 0.147 e. The first-order valence-corrected chi connectivity index (χ1v) is 6.62. The highest BCUT2D eigenvalue weighted by Crippen LogP contribution is 2.37. The van der Waals surface area contributed by atoms with Gasteiger partial charge in [-0.1, -0.05) is 12.8 Å². The summed E-state index contributed by atoms with van der Waals surface area (Å²) < 4.78 is 7.54. The van der Waals surface area contributed by atoms with Crippen LogP contribution in [0, 0.1) is 5.92 Å². The zero-order valence-corrected chi connectivity index (χ0v) is 11.5. The topological polar surface area (TPSA) is 35.2 Å². The van der Waals surface area contributed by atoms with Crippen LogP contribution in [0.3, 0.4) is 0 Å². The van der Waals surface area contributed by atoms with Gasteiger partial charge in [0.05, 0.1) is 15.6 Å². The lowest BCUT2D eigenvalue weighted by atomic mass is 10.3. The molecule has 0 saturated heterocycles. The SMILES string of the molecule is Nc1cc(Br)c(OCCC2CC2)c(Br)c1. The average Bonchev–Trinajstić information content (AvgIpc) is 2.93. The molecular formula is C11H13Br2NO. The van der Waals surface area contributed by atoms with Crippen LogP contribution < -0.4 is 10.5 Å². The van der Waals surface area contributed by atoms with E-state index in [1.54, 1.807) is 0 Å². The molecule has 0 amide bonds. The van der Waals surface area contributed by atoms with Gasteiger partial charge in [-0.2, -0.15) is 0 Å². The van der Waals surface area contributed by atoms with E-state index < -0.39 is 0 Å². The summed E-state index contributed by atoms with van der Waals surface area (Å²) in [5.41, 5.74) is 6.42. The number of halogens is 2. The number of hydrogen-bond donors (Lipinski definition) is 1. The molecule has 82 valence electrons. The predicted octanol–water partition coefficient (Wildman–Crippen LogP) is 3.97. The van der Waals surface area contributed by atoms with Crippen LogP contribution in [0.1, 0.15) is 19.3 Å². The molecule has 1 aliphatic carbocycles. The van der Waals surface area contributed by atoms with Crippen LogP contribution in [0.5, 0.6) is 5.75 Å². The van der Waals surface area contributed by atoms with Crippen LogP contribution in [-0.2, 0) is 0 Å². The summed E-state index contributed by atoms with van der Waals surface area (Å²) in [5.74, 6) is 1.75. The Morgan fingerprint density at radius 2 is 1.87 bits per heavy atom. The molecule has 0 unspecified atom stereocenters. The average molecular weight is 335 g/mol. The zero-order valence-electron chi connectivity index (χ0n) is 8.30. The van der Waals surface area contributed by atoms with Gasteiger partial charge in [0, 0.05) is 5.69 Å². The van der Waals surface area contributed by atoms with Crippen molar-refractivity contribution in [3.63, 3.8) is 0 Å². The van der Waals surface area contributed by atoms with Gasteiger partial charge in [-0.15, -0.1) is 0 Å². The zero-order chi connectivity index (χ0) is 10.8. The van der Waals surface area contributed by atoms with E-state index in [1.165, 1.54) is 12.8 Å². The molecule has 0 bridgehead atoms. The van der Waals surface area contributed by atoms with E-state index in [-0.39, 0.29) is 0 Å². The second-order valence-corrected chi connectivity index (χ2v) is 5.60. The molecule has 0 spiro atoms.